The number of nitriles is 1. The summed E-state index contributed by atoms with van der Waals surface area (Å²) in [5, 5.41) is 17.5. The van der Waals surface area contributed by atoms with Crippen LogP contribution in [0.5, 0.6) is 5.75 Å². The molecule has 0 fully saturated rings. The van der Waals surface area contributed by atoms with Gasteiger partial charge >= 0.3 is 5.97 Å². The minimum absolute atomic E-state index is 0.00523. The van der Waals surface area contributed by atoms with Gasteiger partial charge in [-0.05, 0) is 6.07 Å². The van der Waals surface area contributed by atoms with Gasteiger partial charge in [0.1, 0.15) is 17.4 Å². The van der Waals surface area contributed by atoms with E-state index < -0.39 is 5.97 Å². The summed E-state index contributed by atoms with van der Waals surface area (Å²) in [5.74, 6) is -1.12. The van der Waals surface area contributed by atoms with Crippen LogP contribution in [0.25, 0.3) is 0 Å². The average molecular weight is 192 g/mol. The fourth-order valence-electron chi connectivity index (χ4n) is 1.11. The van der Waals surface area contributed by atoms with E-state index in [-0.39, 0.29) is 16.9 Å². The number of carboxylic acid groups (broad SMARTS) is 1. The third kappa shape index (κ3) is 1.59. The molecule has 0 spiro atoms. The van der Waals surface area contributed by atoms with Crippen molar-refractivity contribution in [1.29, 1.82) is 5.26 Å². The Morgan fingerprint density at radius 2 is 2.29 bits per heavy atom. The van der Waals surface area contributed by atoms with Crippen molar-refractivity contribution in [3.05, 3.63) is 23.3 Å². The van der Waals surface area contributed by atoms with E-state index in [1.165, 1.54) is 19.2 Å². The molecule has 1 aromatic rings. The standard InChI is InChI=1S/C9H8N2O3/c1-14-7-3-6(11)2-5(4-10)8(7)9(12)13/h2-3H,11H2,1H3,(H,12,13). The second kappa shape index (κ2) is 3.66. The zero-order valence-electron chi connectivity index (χ0n) is 7.44. The second-order valence-electron chi connectivity index (χ2n) is 2.56. The number of carbonyl (C=O) groups is 1. The molecule has 0 aliphatic heterocycles. The van der Waals surface area contributed by atoms with E-state index in [0.717, 1.165) is 0 Å². The molecule has 0 amide bonds. The van der Waals surface area contributed by atoms with Crippen molar-refractivity contribution in [2.24, 2.45) is 0 Å². The van der Waals surface area contributed by atoms with Crippen molar-refractivity contribution in [1.82, 2.24) is 0 Å². The smallest absolute Gasteiger partial charge is 0.340 e. The van der Waals surface area contributed by atoms with E-state index in [2.05, 4.69) is 0 Å². The first kappa shape index (κ1) is 9.86. The summed E-state index contributed by atoms with van der Waals surface area (Å²) in [7, 11) is 1.32. The van der Waals surface area contributed by atoms with Crippen LogP contribution in [0.15, 0.2) is 12.1 Å². The van der Waals surface area contributed by atoms with Gasteiger partial charge in [0.25, 0.3) is 0 Å². The third-order valence-corrected chi connectivity index (χ3v) is 1.68. The molecule has 0 saturated heterocycles. The van der Waals surface area contributed by atoms with Crippen molar-refractivity contribution in [3.8, 4) is 11.8 Å². The van der Waals surface area contributed by atoms with E-state index in [0.29, 0.717) is 5.69 Å². The maximum absolute atomic E-state index is 10.8. The lowest BCUT2D eigenvalue weighted by molar-refractivity contribution is 0.0693. The summed E-state index contributed by atoms with van der Waals surface area (Å²) < 4.78 is 4.82. The van der Waals surface area contributed by atoms with Gasteiger partial charge in [-0.3, -0.25) is 0 Å². The first-order valence-corrected chi connectivity index (χ1v) is 3.71. The number of hydrogen-bond donors (Lipinski definition) is 2. The van der Waals surface area contributed by atoms with Gasteiger partial charge in [0.05, 0.1) is 12.7 Å². The molecule has 14 heavy (non-hydrogen) atoms. The van der Waals surface area contributed by atoms with Gasteiger partial charge in [-0.2, -0.15) is 5.26 Å². The molecule has 0 radical (unpaired) electrons. The minimum atomic E-state index is -1.21. The Balaban J connectivity index is 3.50. The number of benzene rings is 1. The first-order chi connectivity index (χ1) is 6.60. The molecule has 5 heteroatoms. The topological polar surface area (TPSA) is 96.3 Å². The molecule has 0 aromatic heterocycles. The van der Waals surface area contributed by atoms with Crippen molar-refractivity contribution >= 4 is 11.7 Å². The van der Waals surface area contributed by atoms with Gasteiger partial charge < -0.3 is 15.6 Å². The Morgan fingerprint density at radius 1 is 1.64 bits per heavy atom. The zero-order valence-corrected chi connectivity index (χ0v) is 7.44. The van der Waals surface area contributed by atoms with Crippen molar-refractivity contribution in [3.63, 3.8) is 0 Å². The fourth-order valence-corrected chi connectivity index (χ4v) is 1.11. The van der Waals surface area contributed by atoms with E-state index in [1.54, 1.807) is 6.07 Å². The van der Waals surface area contributed by atoms with Crippen molar-refractivity contribution < 1.29 is 14.6 Å². The van der Waals surface area contributed by atoms with Crippen LogP contribution in [0.2, 0.25) is 0 Å². The number of nitrogen functional groups attached to an aromatic ring is 1. The first-order valence-electron chi connectivity index (χ1n) is 3.71. The number of nitrogens with zero attached hydrogens (tertiary/aromatic N) is 1. The Bertz CT molecular complexity index is 421. The zero-order chi connectivity index (χ0) is 10.7. The summed E-state index contributed by atoms with van der Waals surface area (Å²) in [5.41, 5.74) is 5.58. The minimum Gasteiger partial charge on any atom is -0.496 e. The molecule has 5 nitrogen and oxygen atoms in total. The van der Waals surface area contributed by atoms with Crippen LogP contribution < -0.4 is 10.5 Å². The lowest BCUT2D eigenvalue weighted by atomic mass is 10.1. The Kier molecular flexibility index (Phi) is 2.58. The largest absolute Gasteiger partial charge is 0.496 e. The molecule has 0 unspecified atom stereocenters. The normalized spacial score (nSPS) is 9.14. The van der Waals surface area contributed by atoms with Crippen LogP contribution in [-0.4, -0.2) is 18.2 Å². The lowest BCUT2D eigenvalue weighted by Gasteiger charge is -2.07. The monoisotopic (exact) mass is 192 g/mol. The maximum Gasteiger partial charge on any atom is 0.340 e. The molecule has 3 N–H and O–H groups in total. The van der Waals surface area contributed by atoms with Crippen LogP contribution in [0, 0.1) is 11.3 Å². The molecular formula is C9H8N2O3. The maximum atomic E-state index is 10.8. The number of carboxylic acids is 1. The predicted octanol–water partition coefficient (Wildman–Crippen LogP) is 0.847. The van der Waals surface area contributed by atoms with E-state index in [9.17, 15) is 4.79 Å². The number of aromatic carboxylic acids is 1. The summed E-state index contributed by atoms with van der Waals surface area (Å²) in [6.07, 6.45) is 0. The molecule has 0 bridgehead atoms. The van der Waals surface area contributed by atoms with Crippen LogP contribution in [0.4, 0.5) is 5.69 Å². The molecule has 0 aliphatic rings. The van der Waals surface area contributed by atoms with Gasteiger partial charge in [0.2, 0.25) is 0 Å². The van der Waals surface area contributed by atoms with Crippen molar-refractivity contribution in [2.45, 2.75) is 0 Å². The summed E-state index contributed by atoms with van der Waals surface area (Å²) >= 11 is 0. The third-order valence-electron chi connectivity index (χ3n) is 1.68. The highest BCUT2D eigenvalue weighted by Crippen LogP contribution is 2.25. The number of hydrogen-bond acceptors (Lipinski definition) is 4. The van der Waals surface area contributed by atoms with Gasteiger partial charge in [0.15, 0.2) is 0 Å². The summed E-state index contributed by atoms with van der Waals surface area (Å²) in [6, 6.07) is 4.41. The van der Waals surface area contributed by atoms with Gasteiger partial charge in [-0.15, -0.1) is 0 Å². The second-order valence-corrected chi connectivity index (χ2v) is 2.56. The Hall–Kier alpha value is -2.22. The number of methoxy groups -OCH3 is 1. The number of nitrogens with two attached hydrogens (primary N) is 1. The van der Waals surface area contributed by atoms with Gasteiger partial charge in [-0.25, -0.2) is 4.79 Å². The highest BCUT2D eigenvalue weighted by Gasteiger charge is 2.17. The van der Waals surface area contributed by atoms with Crippen LogP contribution in [-0.2, 0) is 0 Å². The Morgan fingerprint density at radius 3 is 2.71 bits per heavy atom. The number of ether oxygens (including phenoxy) is 1. The van der Waals surface area contributed by atoms with Crippen LogP contribution in [0.1, 0.15) is 15.9 Å². The van der Waals surface area contributed by atoms with Gasteiger partial charge in [0, 0.05) is 11.8 Å². The molecule has 0 saturated carbocycles. The predicted molar refractivity (Wildman–Crippen MR) is 49.1 cm³/mol. The van der Waals surface area contributed by atoms with Crippen LogP contribution in [0.3, 0.4) is 0 Å². The van der Waals surface area contributed by atoms with E-state index in [4.69, 9.17) is 20.8 Å². The molecule has 1 rings (SSSR count). The summed E-state index contributed by atoms with van der Waals surface area (Å²) in [4.78, 5) is 10.8. The molecule has 0 aliphatic carbocycles. The van der Waals surface area contributed by atoms with Crippen molar-refractivity contribution in [2.75, 3.05) is 12.8 Å². The van der Waals surface area contributed by atoms with E-state index in [1.807, 2.05) is 0 Å². The molecule has 0 heterocycles. The van der Waals surface area contributed by atoms with Crippen LogP contribution >= 0.6 is 0 Å². The summed E-state index contributed by atoms with van der Waals surface area (Å²) in [6.45, 7) is 0. The molecule has 1 aromatic carbocycles. The van der Waals surface area contributed by atoms with Gasteiger partial charge in [-0.1, -0.05) is 0 Å². The SMILES string of the molecule is COc1cc(N)cc(C#N)c1C(=O)O. The molecule has 0 atom stereocenters. The van der Waals surface area contributed by atoms with E-state index >= 15 is 0 Å². The Labute approximate surface area is 80.3 Å². The number of rotatable bonds is 2. The fraction of sp³-hybridized carbons (Fsp3) is 0.111. The quantitative estimate of drug-likeness (QED) is 0.677. The lowest BCUT2D eigenvalue weighted by Crippen LogP contribution is -2.05. The molecule has 72 valence electrons. The average Bonchev–Trinajstić information content (AvgIpc) is 2.15. The highest BCUT2D eigenvalue weighted by atomic mass is 16.5. The highest BCUT2D eigenvalue weighted by molar-refractivity contribution is 5.94. The number of anilines is 1. The molecular weight excluding hydrogens is 184 g/mol.